The van der Waals surface area contributed by atoms with Gasteiger partial charge >= 0.3 is 29.3 Å². The maximum absolute atomic E-state index is 11.1. The molecule has 0 atom stereocenters. The van der Waals surface area contributed by atoms with Crippen molar-refractivity contribution in [1.82, 2.24) is 0 Å². The van der Waals surface area contributed by atoms with Gasteiger partial charge in [0.25, 0.3) is 0 Å². The zero-order valence-corrected chi connectivity index (χ0v) is 21.4. The van der Waals surface area contributed by atoms with Gasteiger partial charge in [0, 0.05) is 53.2 Å². The normalized spacial score (nSPS) is 11.2. The van der Waals surface area contributed by atoms with Crippen molar-refractivity contribution in [2.24, 2.45) is 0 Å². The lowest BCUT2D eigenvalue weighted by Crippen LogP contribution is -2.42. The van der Waals surface area contributed by atoms with Crippen LogP contribution in [0.5, 0.6) is 0 Å². The van der Waals surface area contributed by atoms with Crippen molar-refractivity contribution in [2.75, 3.05) is 48.8 Å². The van der Waals surface area contributed by atoms with E-state index in [0.717, 1.165) is 18.5 Å². The monoisotopic (exact) mass is 466 g/mol. The molecule has 0 amide bonds. The minimum Gasteiger partial charge on any atom is -0.463 e. The van der Waals surface area contributed by atoms with Crippen LogP contribution >= 0.6 is 0 Å². The van der Waals surface area contributed by atoms with E-state index < -0.39 is 17.4 Å². The van der Waals surface area contributed by atoms with Crippen molar-refractivity contribution in [2.45, 2.75) is 38.4 Å². The molecule has 0 unspecified atom stereocenters. The van der Waals surface area contributed by atoms with Gasteiger partial charge in [-0.1, -0.05) is 13.2 Å². The number of carbonyl (C=O) groups is 2. The van der Waals surface area contributed by atoms with Crippen LogP contribution in [0.3, 0.4) is 0 Å². The van der Waals surface area contributed by atoms with Crippen molar-refractivity contribution in [1.29, 1.82) is 0 Å². The van der Waals surface area contributed by atoms with E-state index in [9.17, 15) is 9.59 Å². The van der Waals surface area contributed by atoms with Crippen molar-refractivity contribution < 1.29 is 41.2 Å². The summed E-state index contributed by atoms with van der Waals surface area (Å²) in [6.45, 7) is 11.1. The molecule has 9 nitrogen and oxygen atoms in total. The van der Waals surface area contributed by atoms with Gasteiger partial charge in [0.1, 0.15) is 0 Å². The third-order valence-electron chi connectivity index (χ3n) is 4.19. The standard InChI is InChI=1S/C10H20O5Si.C9H18O4Si/c1-9(2)10(11)15-7-6-8-16(12-3,13-4)14-5;1-5-9(10)13-7-6-8-14(4,11-2)12-3/h1,6-8H2,2-5H3;5H,1,6-8H2,2-4H3. The number of hydrogen-bond acceptors (Lipinski definition) is 9. The number of rotatable bonds is 15. The zero-order valence-electron chi connectivity index (χ0n) is 19.4. The Bertz CT molecular complexity index is 510. The minimum absolute atomic E-state index is 0.316. The number of ether oxygens (including phenoxy) is 2. The lowest BCUT2D eigenvalue weighted by atomic mass is 10.4. The van der Waals surface area contributed by atoms with Crippen LogP contribution in [0.4, 0.5) is 0 Å². The first-order valence-corrected chi connectivity index (χ1v) is 13.9. The molecule has 0 aromatic carbocycles. The summed E-state index contributed by atoms with van der Waals surface area (Å²) in [5.74, 6) is -0.761. The molecule has 0 aliphatic heterocycles. The van der Waals surface area contributed by atoms with E-state index in [2.05, 4.69) is 13.2 Å². The summed E-state index contributed by atoms with van der Waals surface area (Å²) < 4.78 is 36.0. The fourth-order valence-electron chi connectivity index (χ4n) is 2.05. The molecule has 30 heavy (non-hydrogen) atoms. The van der Waals surface area contributed by atoms with E-state index in [0.29, 0.717) is 31.3 Å². The van der Waals surface area contributed by atoms with Crippen LogP contribution in [0.25, 0.3) is 0 Å². The lowest BCUT2D eigenvalue weighted by Gasteiger charge is -2.24. The number of carbonyl (C=O) groups excluding carboxylic acids is 2. The predicted octanol–water partition coefficient (Wildman–Crippen LogP) is 2.84. The molecule has 11 heteroatoms. The second-order valence-corrected chi connectivity index (χ2v) is 13.0. The van der Waals surface area contributed by atoms with Crippen molar-refractivity contribution in [3.63, 3.8) is 0 Å². The Labute approximate surface area is 182 Å². The summed E-state index contributed by atoms with van der Waals surface area (Å²) in [5, 5.41) is 0. The van der Waals surface area contributed by atoms with Crippen LogP contribution in [0, 0.1) is 0 Å². The third-order valence-corrected chi connectivity index (χ3v) is 10.0. The van der Waals surface area contributed by atoms with Crippen LogP contribution in [0.1, 0.15) is 19.8 Å². The number of hydrogen-bond donors (Lipinski definition) is 0. The Balaban J connectivity index is 0. The van der Waals surface area contributed by atoms with Crippen molar-refractivity contribution in [3.8, 4) is 0 Å². The van der Waals surface area contributed by atoms with Gasteiger partial charge < -0.3 is 31.6 Å². The maximum Gasteiger partial charge on any atom is 0.500 e. The Morgan fingerprint density at radius 1 is 0.833 bits per heavy atom. The van der Waals surface area contributed by atoms with Gasteiger partial charge in [-0.15, -0.1) is 0 Å². The van der Waals surface area contributed by atoms with Crippen molar-refractivity contribution >= 4 is 29.3 Å². The maximum atomic E-state index is 11.1. The molecule has 0 radical (unpaired) electrons. The second kappa shape index (κ2) is 17.3. The van der Waals surface area contributed by atoms with Gasteiger partial charge in [-0.2, -0.15) is 0 Å². The highest BCUT2D eigenvalue weighted by Gasteiger charge is 2.37. The van der Waals surface area contributed by atoms with E-state index in [1.54, 1.807) is 42.5 Å². The summed E-state index contributed by atoms with van der Waals surface area (Å²) in [5.41, 5.74) is 0.397. The first-order valence-electron chi connectivity index (χ1n) is 9.46. The molecule has 0 heterocycles. The van der Waals surface area contributed by atoms with Crippen LogP contribution < -0.4 is 0 Å². The lowest BCUT2D eigenvalue weighted by molar-refractivity contribution is -0.139. The highest BCUT2D eigenvalue weighted by Crippen LogP contribution is 2.15. The largest absolute Gasteiger partial charge is 0.500 e. The Kier molecular flexibility index (Phi) is 17.8. The van der Waals surface area contributed by atoms with Gasteiger partial charge in [-0.05, 0) is 32.4 Å². The predicted molar refractivity (Wildman–Crippen MR) is 118 cm³/mol. The molecule has 176 valence electrons. The molecule has 0 N–H and O–H groups in total. The molecule has 0 saturated carbocycles. The van der Waals surface area contributed by atoms with Gasteiger partial charge in [-0.3, -0.25) is 0 Å². The molecular weight excluding hydrogens is 428 g/mol. The van der Waals surface area contributed by atoms with E-state index >= 15 is 0 Å². The fourth-order valence-corrected chi connectivity index (χ4v) is 5.10. The highest BCUT2D eigenvalue weighted by molar-refractivity contribution is 6.65. The third kappa shape index (κ3) is 13.8. The molecular formula is C19H38O9Si2. The topological polar surface area (TPSA) is 98.8 Å². The first kappa shape index (κ1) is 30.8. The van der Waals surface area contributed by atoms with E-state index in [1.165, 1.54) is 0 Å². The van der Waals surface area contributed by atoms with Gasteiger partial charge in [0.05, 0.1) is 13.2 Å². The fraction of sp³-hybridized carbons (Fsp3) is 0.684. The first-order chi connectivity index (χ1) is 14.1. The summed E-state index contributed by atoms with van der Waals surface area (Å²) in [4.78, 5) is 21.8. The summed E-state index contributed by atoms with van der Waals surface area (Å²) >= 11 is 0. The molecule has 0 aromatic heterocycles. The summed E-state index contributed by atoms with van der Waals surface area (Å²) in [7, 11) is 3.43. The van der Waals surface area contributed by atoms with E-state index in [1.807, 2.05) is 6.55 Å². The Hall–Kier alpha value is -1.35. The average molecular weight is 467 g/mol. The molecule has 0 spiro atoms. The number of esters is 2. The van der Waals surface area contributed by atoms with Crippen LogP contribution in [0.2, 0.25) is 18.6 Å². The van der Waals surface area contributed by atoms with Gasteiger partial charge in [0.2, 0.25) is 0 Å². The Morgan fingerprint density at radius 3 is 1.70 bits per heavy atom. The quantitative estimate of drug-likeness (QED) is 0.156. The van der Waals surface area contributed by atoms with E-state index in [-0.39, 0.29) is 11.9 Å². The average Bonchev–Trinajstić information content (AvgIpc) is 2.77. The summed E-state index contributed by atoms with van der Waals surface area (Å²) in [6.07, 6.45) is 2.55. The van der Waals surface area contributed by atoms with E-state index in [4.69, 9.17) is 31.6 Å². The second-order valence-electron chi connectivity index (χ2n) is 6.33. The zero-order chi connectivity index (χ0) is 23.6. The van der Waals surface area contributed by atoms with Gasteiger partial charge in [0.15, 0.2) is 0 Å². The van der Waals surface area contributed by atoms with Crippen LogP contribution in [-0.2, 0) is 41.2 Å². The molecule has 0 aliphatic rings. The highest BCUT2D eigenvalue weighted by atomic mass is 28.4. The molecule has 0 rings (SSSR count). The van der Waals surface area contributed by atoms with Crippen LogP contribution in [-0.4, -0.2) is 78.1 Å². The molecule has 0 aromatic rings. The molecule has 0 aliphatic carbocycles. The van der Waals surface area contributed by atoms with Gasteiger partial charge in [-0.25, -0.2) is 9.59 Å². The molecule has 0 bridgehead atoms. The van der Waals surface area contributed by atoms with Crippen LogP contribution in [0.15, 0.2) is 24.8 Å². The minimum atomic E-state index is -2.53. The van der Waals surface area contributed by atoms with Crippen molar-refractivity contribution in [3.05, 3.63) is 24.8 Å². The summed E-state index contributed by atoms with van der Waals surface area (Å²) in [6, 6.07) is 1.42. The molecule has 0 saturated heterocycles. The Morgan fingerprint density at radius 2 is 1.30 bits per heavy atom. The smallest absolute Gasteiger partial charge is 0.463 e. The molecule has 0 fully saturated rings. The SMILES string of the molecule is C=C(C)C(=O)OCCC[Si](OC)(OC)OC.C=CC(=O)OCCC[Si](C)(OC)OC.